The largest absolute Gasteiger partial charge is 0.389 e. The van der Waals surface area contributed by atoms with Gasteiger partial charge in [0.2, 0.25) is 0 Å². The third-order valence-corrected chi connectivity index (χ3v) is 4.41. The average Bonchev–Trinajstić information content (AvgIpc) is 2.71. The second-order valence-electron chi connectivity index (χ2n) is 5.12. The van der Waals surface area contributed by atoms with Crippen molar-refractivity contribution < 1.29 is 5.11 Å². The van der Waals surface area contributed by atoms with E-state index in [0.29, 0.717) is 6.54 Å². The lowest BCUT2D eigenvalue weighted by atomic mass is 10.0. The van der Waals surface area contributed by atoms with Gasteiger partial charge in [-0.15, -0.1) is 0 Å². The molecule has 1 fully saturated rings. The van der Waals surface area contributed by atoms with Gasteiger partial charge >= 0.3 is 0 Å². The molecule has 0 bridgehead atoms. The summed E-state index contributed by atoms with van der Waals surface area (Å²) < 4.78 is 1.15. The molecule has 0 unspecified atom stereocenters. The van der Waals surface area contributed by atoms with E-state index in [1.54, 1.807) is 0 Å². The number of aliphatic hydroxyl groups is 1. The minimum absolute atomic E-state index is 0.456. The number of halogens is 1. The van der Waals surface area contributed by atoms with Gasteiger partial charge in [0.1, 0.15) is 0 Å². The predicted molar refractivity (Wildman–Crippen MR) is 74.0 cm³/mol. The van der Waals surface area contributed by atoms with Crippen molar-refractivity contribution >= 4 is 15.9 Å². The van der Waals surface area contributed by atoms with Crippen LogP contribution in [0, 0.1) is 6.92 Å². The maximum atomic E-state index is 10.2. The smallest absolute Gasteiger partial charge is 0.0771 e. The molecule has 1 aromatic carbocycles. The normalized spacial score (nSPS) is 18.5. The molecule has 0 heterocycles. The van der Waals surface area contributed by atoms with Gasteiger partial charge in [-0.2, -0.15) is 0 Å². The Kier molecular flexibility index (Phi) is 4.23. The van der Waals surface area contributed by atoms with E-state index in [4.69, 9.17) is 0 Å². The van der Waals surface area contributed by atoms with Crippen molar-refractivity contribution in [2.45, 2.75) is 44.8 Å². The summed E-state index contributed by atoms with van der Waals surface area (Å²) in [4.78, 5) is 0. The maximum Gasteiger partial charge on any atom is 0.0771 e. The molecule has 3 heteroatoms. The summed E-state index contributed by atoms with van der Waals surface area (Å²) in [7, 11) is 0. The van der Waals surface area contributed by atoms with Gasteiger partial charge in [-0.1, -0.05) is 40.9 Å². The number of aryl methyl sites for hydroxylation is 1. The summed E-state index contributed by atoms with van der Waals surface area (Å²) in [5.41, 5.74) is 2.05. The third-order valence-electron chi connectivity index (χ3n) is 3.55. The SMILES string of the molecule is Cc1ccc(CNCC2(O)CCCC2)cc1Br. The number of hydrogen-bond acceptors (Lipinski definition) is 2. The van der Waals surface area contributed by atoms with E-state index in [0.717, 1.165) is 36.7 Å². The van der Waals surface area contributed by atoms with Gasteiger partial charge < -0.3 is 10.4 Å². The first-order chi connectivity index (χ1) is 8.09. The van der Waals surface area contributed by atoms with Crippen molar-refractivity contribution in [1.29, 1.82) is 0 Å². The maximum absolute atomic E-state index is 10.2. The molecule has 0 atom stereocenters. The monoisotopic (exact) mass is 297 g/mol. The highest BCUT2D eigenvalue weighted by molar-refractivity contribution is 9.10. The average molecular weight is 298 g/mol. The molecule has 0 radical (unpaired) electrons. The molecule has 0 aromatic heterocycles. The highest BCUT2D eigenvalue weighted by atomic mass is 79.9. The summed E-state index contributed by atoms with van der Waals surface area (Å²) in [6, 6.07) is 6.39. The van der Waals surface area contributed by atoms with Crippen molar-refractivity contribution in [1.82, 2.24) is 5.32 Å². The molecule has 1 saturated carbocycles. The van der Waals surface area contributed by atoms with E-state index < -0.39 is 5.60 Å². The lowest BCUT2D eigenvalue weighted by molar-refractivity contribution is 0.0475. The first-order valence-electron chi connectivity index (χ1n) is 6.27. The van der Waals surface area contributed by atoms with Crippen LogP contribution in [0.4, 0.5) is 0 Å². The molecule has 17 heavy (non-hydrogen) atoms. The van der Waals surface area contributed by atoms with E-state index in [9.17, 15) is 5.11 Å². The Balaban J connectivity index is 1.83. The Morgan fingerprint density at radius 2 is 2.06 bits per heavy atom. The van der Waals surface area contributed by atoms with Gasteiger partial charge in [-0.25, -0.2) is 0 Å². The fourth-order valence-electron chi connectivity index (χ4n) is 2.40. The number of nitrogens with one attached hydrogen (secondary N) is 1. The van der Waals surface area contributed by atoms with Crippen LogP contribution < -0.4 is 5.32 Å². The molecular weight excluding hydrogens is 278 g/mol. The lowest BCUT2D eigenvalue weighted by Crippen LogP contribution is -2.37. The molecule has 1 aliphatic rings. The number of rotatable bonds is 4. The zero-order chi connectivity index (χ0) is 12.3. The minimum atomic E-state index is -0.456. The molecule has 2 N–H and O–H groups in total. The van der Waals surface area contributed by atoms with Gasteiger partial charge in [0.15, 0.2) is 0 Å². The molecular formula is C14H20BrNO. The highest BCUT2D eigenvalue weighted by Crippen LogP contribution is 2.28. The van der Waals surface area contributed by atoms with Gasteiger partial charge in [0.25, 0.3) is 0 Å². The first-order valence-corrected chi connectivity index (χ1v) is 7.06. The van der Waals surface area contributed by atoms with Crippen molar-refractivity contribution in [3.05, 3.63) is 33.8 Å². The van der Waals surface area contributed by atoms with Crippen LogP contribution in [0.2, 0.25) is 0 Å². The topological polar surface area (TPSA) is 32.3 Å². The van der Waals surface area contributed by atoms with Crippen molar-refractivity contribution in [2.24, 2.45) is 0 Å². The van der Waals surface area contributed by atoms with Crippen molar-refractivity contribution in [3.8, 4) is 0 Å². The fourth-order valence-corrected chi connectivity index (χ4v) is 2.82. The first kappa shape index (κ1) is 13.1. The summed E-state index contributed by atoms with van der Waals surface area (Å²) in [5, 5.41) is 13.6. The Hall–Kier alpha value is -0.380. The van der Waals surface area contributed by atoms with Gasteiger partial charge in [-0.05, 0) is 37.0 Å². The van der Waals surface area contributed by atoms with E-state index in [2.05, 4.69) is 46.4 Å². The van der Waals surface area contributed by atoms with Crippen LogP contribution in [0.3, 0.4) is 0 Å². The van der Waals surface area contributed by atoms with Gasteiger partial charge in [0.05, 0.1) is 5.60 Å². The molecule has 94 valence electrons. The lowest BCUT2D eigenvalue weighted by Gasteiger charge is -2.22. The molecule has 0 amide bonds. The fraction of sp³-hybridized carbons (Fsp3) is 0.571. The summed E-state index contributed by atoms with van der Waals surface area (Å²) >= 11 is 3.54. The van der Waals surface area contributed by atoms with Gasteiger partial charge in [-0.3, -0.25) is 0 Å². The highest BCUT2D eigenvalue weighted by Gasteiger charge is 2.30. The number of hydrogen-bond donors (Lipinski definition) is 2. The zero-order valence-corrected chi connectivity index (χ0v) is 11.9. The van der Waals surface area contributed by atoms with Crippen LogP contribution in [-0.4, -0.2) is 17.3 Å². The van der Waals surface area contributed by atoms with Crippen LogP contribution in [0.1, 0.15) is 36.8 Å². The van der Waals surface area contributed by atoms with E-state index in [1.807, 2.05) is 0 Å². The van der Waals surface area contributed by atoms with Crippen LogP contribution >= 0.6 is 15.9 Å². The Morgan fingerprint density at radius 3 is 2.71 bits per heavy atom. The molecule has 0 saturated heterocycles. The molecule has 2 rings (SSSR count). The third kappa shape index (κ3) is 3.54. The molecule has 1 aromatic rings. The Bertz CT molecular complexity index is 386. The summed E-state index contributed by atoms with van der Waals surface area (Å²) in [6.07, 6.45) is 4.21. The van der Waals surface area contributed by atoms with Crippen molar-refractivity contribution in [3.63, 3.8) is 0 Å². The molecule has 1 aliphatic carbocycles. The quantitative estimate of drug-likeness (QED) is 0.895. The van der Waals surface area contributed by atoms with E-state index in [1.165, 1.54) is 11.1 Å². The van der Waals surface area contributed by atoms with Gasteiger partial charge in [0, 0.05) is 17.6 Å². The van der Waals surface area contributed by atoms with Crippen molar-refractivity contribution in [2.75, 3.05) is 6.54 Å². The molecule has 0 aliphatic heterocycles. The number of benzene rings is 1. The van der Waals surface area contributed by atoms with Crippen LogP contribution in [0.15, 0.2) is 22.7 Å². The van der Waals surface area contributed by atoms with E-state index in [-0.39, 0.29) is 0 Å². The zero-order valence-electron chi connectivity index (χ0n) is 10.3. The second kappa shape index (κ2) is 5.51. The standard InChI is InChI=1S/C14H20BrNO/c1-11-4-5-12(8-13(11)15)9-16-10-14(17)6-2-3-7-14/h4-5,8,16-17H,2-3,6-7,9-10H2,1H3. The summed E-state index contributed by atoms with van der Waals surface area (Å²) in [5.74, 6) is 0. The van der Waals surface area contributed by atoms with Crippen LogP contribution in [-0.2, 0) is 6.54 Å². The van der Waals surface area contributed by atoms with Crippen LogP contribution in [0.5, 0.6) is 0 Å². The summed E-state index contributed by atoms with van der Waals surface area (Å²) in [6.45, 7) is 3.61. The second-order valence-corrected chi connectivity index (χ2v) is 5.97. The minimum Gasteiger partial charge on any atom is -0.389 e. The van der Waals surface area contributed by atoms with Crippen LogP contribution in [0.25, 0.3) is 0 Å². The predicted octanol–water partition coefficient (Wildman–Crippen LogP) is 3.15. The van der Waals surface area contributed by atoms with E-state index >= 15 is 0 Å². The Labute approximate surface area is 112 Å². The Morgan fingerprint density at radius 1 is 1.35 bits per heavy atom. The molecule has 0 spiro atoms. The molecule has 2 nitrogen and oxygen atoms in total.